The normalized spacial score (nSPS) is 21.0. The summed E-state index contributed by atoms with van der Waals surface area (Å²) in [7, 11) is 0. The first-order chi connectivity index (χ1) is 10.3. The summed E-state index contributed by atoms with van der Waals surface area (Å²) < 4.78 is 0. The Balaban J connectivity index is 1.92. The van der Waals surface area contributed by atoms with Crippen LogP contribution in [0.15, 0.2) is 24.3 Å². The molecule has 1 aromatic rings. The minimum atomic E-state index is -0.667. The minimum absolute atomic E-state index is 0.189. The second-order valence-corrected chi connectivity index (χ2v) is 7.75. The molecule has 22 heavy (non-hydrogen) atoms. The summed E-state index contributed by atoms with van der Waals surface area (Å²) in [5, 5.41) is 9.25. The molecule has 1 aliphatic rings. The van der Waals surface area contributed by atoms with Crippen LogP contribution in [-0.4, -0.2) is 35.1 Å². The van der Waals surface area contributed by atoms with Crippen molar-refractivity contribution in [1.82, 2.24) is 4.90 Å². The lowest BCUT2D eigenvalue weighted by atomic mass is 9.86. The van der Waals surface area contributed by atoms with Gasteiger partial charge in [-0.2, -0.15) is 0 Å². The maximum atomic E-state index is 11.2. The molecule has 0 bridgehead atoms. The zero-order valence-corrected chi connectivity index (χ0v) is 14.3. The summed E-state index contributed by atoms with van der Waals surface area (Å²) >= 11 is 0. The maximum Gasteiger partial charge on any atom is 0.320 e. The fourth-order valence-electron chi connectivity index (χ4n) is 3.33. The Hall–Kier alpha value is -1.35. The zero-order chi connectivity index (χ0) is 16.3. The molecule has 1 saturated heterocycles. The number of hydrogen-bond donors (Lipinski definition) is 1. The Kier molecular flexibility index (Phi) is 5.28. The number of rotatable bonds is 5. The largest absolute Gasteiger partial charge is 0.480 e. The molecule has 1 fully saturated rings. The van der Waals surface area contributed by atoms with E-state index in [1.54, 1.807) is 0 Å². The molecule has 3 nitrogen and oxygen atoms in total. The van der Waals surface area contributed by atoms with Gasteiger partial charge in [-0.1, -0.05) is 52.0 Å². The van der Waals surface area contributed by atoms with Crippen molar-refractivity contribution in [3.05, 3.63) is 35.4 Å². The molecule has 2 atom stereocenters. The van der Waals surface area contributed by atoms with Gasteiger partial charge in [-0.05, 0) is 48.3 Å². The molecule has 1 heterocycles. The van der Waals surface area contributed by atoms with E-state index in [0.717, 1.165) is 32.4 Å². The van der Waals surface area contributed by atoms with Crippen molar-refractivity contribution in [1.29, 1.82) is 0 Å². The zero-order valence-electron chi connectivity index (χ0n) is 14.3. The van der Waals surface area contributed by atoms with Crippen molar-refractivity contribution in [3.63, 3.8) is 0 Å². The van der Waals surface area contributed by atoms with E-state index in [1.807, 2.05) is 0 Å². The average molecular weight is 303 g/mol. The highest BCUT2D eigenvalue weighted by Crippen LogP contribution is 2.24. The Labute approximate surface area is 134 Å². The van der Waals surface area contributed by atoms with Crippen molar-refractivity contribution < 1.29 is 9.90 Å². The smallest absolute Gasteiger partial charge is 0.320 e. The van der Waals surface area contributed by atoms with Gasteiger partial charge in [-0.15, -0.1) is 0 Å². The van der Waals surface area contributed by atoms with Crippen LogP contribution in [0.25, 0.3) is 0 Å². The Bertz CT molecular complexity index is 501. The Morgan fingerprint density at radius 3 is 2.50 bits per heavy atom. The standard InChI is InChI=1S/C19H29NO2/c1-14(13-20-11-5-6-17(20)18(21)22)12-15-7-9-16(10-8-15)19(2,3)4/h7-10,14,17H,5-6,11-13H2,1-4H3,(H,21,22)/t14?,17-/m0/s1. The number of carboxylic acids is 1. The van der Waals surface area contributed by atoms with Crippen molar-refractivity contribution in [3.8, 4) is 0 Å². The molecule has 1 aromatic carbocycles. The van der Waals surface area contributed by atoms with Crippen LogP contribution in [0.1, 0.15) is 51.7 Å². The van der Waals surface area contributed by atoms with E-state index in [0.29, 0.717) is 5.92 Å². The third-order valence-corrected chi connectivity index (χ3v) is 4.60. The second-order valence-electron chi connectivity index (χ2n) is 7.75. The third-order valence-electron chi connectivity index (χ3n) is 4.60. The van der Waals surface area contributed by atoms with E-state index in [4.69, 9.17) is 0 Å². The van der Waals surface area contributed by atoms with Gasteiger partial charge in [0.2, 0.25) is 0 Å². The predicted molar refractivity (Wildman–Crippen MR) is 90.2 cm³/mol. The summed E-state index contributed by atoms with van der Waals surface area (Å²) in [4.78, 5) is 13.4. The van der Waals surface area contributed by atoms with Crippen LogP contribution >= 0.6 is 0 Å². The lowest BCUT2D eigenvalue weighted by Gasteiger charge is -2.25. The fraction of sp³-hybridized carbons (Fsp3) is 0.632. The van der Waals surface area contributed by atoms with Crippen LogP contribution in [0.4, 0.5) is 0 Å². The SMILES string of the molecule is CC(Cc1ccc(C(C)(C)C)cc1)CN1CCC[C@H]1C(=O)O. The van der Waals surface area contributed by atoms with Crippen molar-refractivity contribution in [2.45, 2.75) is 58.4 Å². The maximum absolute atomic E-state index is 11.2. The summed E-state index contributed by atoms with van der Waals surface area (Å²) in [6.45, 7) is 10.7. The average Bonchev–Trinajstić information content (AvgIpc) is 2.86. The highest BCUT2D eigenvalue weighted by molar-refractivity contribution is 5.73. The van der Waals surface area contributed by atoms with E-state index >= 15 is 0 Å². The molecule has 1 aliphatic heterocycles. The molecule has 2 rings (SSSR count). The van der Waals surface area contributed by atoms with E-state index in [2.05, 4.69) is 56.9 Å². The molecular weight excluding hydrogens is 274 g/mol. The highest BCUT2D eigenvalue weighted by atomic mass is 16.4. The van der Waals surface area contributed by atoms with Gasteiger partial charge in [-0.3, -0.25) is 9.69 Å². The Morgan fingerprint density at radius 1 is 1.32 bits per heavy atom. The summed E-state index contributed by atoms with van der Waals surface area (Å²) in [5.41, 5.74) is 2.88. The fourth-order valence-corrected chi connectivity index (χ4v) is 3.33. The molecule has 0 aromatic heterocycles. The van der Waals surface area contributed by atoms with E-state index in [-0.39, 0.29) is 11.5 Å². The van der Waals surface area contributed by atoms with Crippen LogP contribution in [0, 0.1) is 5.92 Å². The topological polar surface area (TPSA) is 40.5 Å². The number of likely N-dealkylation sites (tertiary alicyclic amines) is 1. The number of carbonyl (C=O) groups is 1. The van der Waals surface area contributed by atoms with Crippen molar-refractivity contribution in [2.24, 2.45) is 5.92 Å². The number of carboxylic acid groups (broad SMARTS) is 1. The van der Waals surface area contributed by atoms with Crippen molar-refractivity contribution in [2.75, 3.05) is 13.1 Å². The monoisotopic (exact) mass is 303 g/mol. The number of hydrogen-bond acceptors (Lipinski definition) is 2. The van der Waals surface area contributed by atoms with Crippen LogP contribution < -0.4 is 0 Å². The molecule has 0 aliphatic carbocycles. The second kappa shape index (κ2) is 6.82. The van der Waals surface area contributed by atoms with Gasteiger partial charge in [-0.25, -0.2) is 0 Å². The molecule has 0 spiro atoms. The van der Waals surface area contributed by atoms with Crippen LogP contribution in [0.3, 0.4) is 0 Å². The number of nitrogens with zero attached hydrogens (tertiary/aromatic N) is 1. The molecule has 1 unspecified atom stereocenters. The number of aliphatic carboxylic acids is 1. The number of benzene rings is 1. The van der Waals surface area contributed by atoms with E-state index in [9.17, 15) is 9.90 Å². The Morgan fingerprint density at radius 2 is 1.95 bits per heavy atom. The molecule has 0 amide bonds. The van der Waals surface area contributed by atoms with Crippen LogP contribution in [0.5, 0.6) is 0 Å². The third kappa shape index (κ3) is 4.33. The lowest BCUT2D eigenvalue weighted by molar-refractivity contribution is -0.142. The van der Waals surface area contributed by atoms with Gasteiger partial charge >= 0.3 is 5.97 Å². The van der Waals surface area contributed by atoms with Crippen LogP contribution in [0.2, 0.25) is 0 Å². The van der Waals surface area contributed by atoms with E-state index in [1.165, 1.54) is 11.1 Å². The van der Waals surface area contributed by atoms with Gasteiger partial charge in [0.25, 0.3) is 0 Å². The predicted octanol–water partition coefficient (Wildman–Crippen LogP) is 3.71. The van der Waals surface area contributed by atoms with Crippen LogP contribution in [-0.2, 0) is 16.6 Å². The lowest BCUT2D eigenvalue weighted by Crippen LogP contribution is -2.38. The molecule has 3 heteroatoms. The van der Waals surface area contributed by atoms with Gasteiger partial charge in [0.1, 0.15) is 6.04 Å². The molecule has 1 N–H and O–H groups in total. The quantitative estimate of drug-likeness (QED) is 0.901. The first-order valence-corrected chi connectivity index (χ1v) is 8.33. The summed E-state index contributed by atoms with van der Waals surface area (Å²) in [6.07, 6.45) is 2.81. The minimum Gasteiger partial charge on any atom is -0.480 e. The molecule has 0 radical (unpaired) electrons. The first-order valence-electron chi connectivity index (χ1n) is 8.33. The van der Waals surface area contributed by atoms with Gasteiger partial charge < -0.3 is 5.11 Å². The molecule has 0 saturated carbocycles. The summed E-state index contributed by atoms with van der Waals surface area (Å²) in [6, 6.07) is 8.60. The van der Waals surface area contributed by atoms with E-state index < -0.39 is 5.97 Å². The molecular formula is C19H29NO2. The van der Waals surface area contributed by atoms with Gasteiger partial charge in [0.05, 0.1) is 0 Å². The van der Waals surface area contributed by atoms with Crippen molar-refractivity contribution >= 4 is 5.97 Å². The van der Waals surface area contributed by atoms with Gasteiger partial charge in [0, 0.05) is 6.54 Å². The first kappa shape index (κ1) is 17.0. The molecule has 122 valence electrons. The highest BCUT2D eigenvalue weighted by Gasteiger charge is 2.30. The summed E-state index contributed by atoms with van der Waals surface area (Å²) in [5.74, 6) is -0.195. The van der Waals surface area contributed by atoms with Gasteiger partial charge in [0.15, 0.2) is 0 Å².